The fraction of sp³-hybridized carbons (Fsp3) is 0.588. The molecule has 5 heteroatoms. The van der Waals surface area contributed by atoms with Gasteiger partial charge >= 0.3 is 6.09 Å². The van der Waals surface area contributed by atoms with Crippen molar-refractivity contribution in [3.63, 3.8) is 0 Å². The fourth-order valence-electron chi connectivity index (χ4n) is 2.22. The summed E-state index contributed by atoms with van der Waals surface area (Å²) in [6.07, 6.45) is -0.376. The molecule has 0 radical (unpaired) electrons. The summed E-state index contributed by atoms with van der Waals surface area (Å²) in [4.78, 5) is 13.9. The summed E-state index contributed by atoms with van der Waals surface area (Å²) in [5.74, 6) is 0. The third-order valence-electron chi connectivity index (χ3n) is 3.35. The first-order valence-electron chi connectivity index (χ1n) is 7.69. The van der Waals surface area contributed by atoms with Crippen LogP contribution in [0, 0.1) is 0 Å². The predicted octanol–water partition coefficient (Wildman–Crippen LogP) is 4.25. The van der Waals surface area contributed by atoms with Crippen LogP contribution in [0.15, 0.2) is 24.3 Å². The second-order valence-corrected chi connectivity index (χ2v) is 6.72. The molecule has 0 spiro atoms. The first-order valence-corrected chi connectivity index (χ1v) is 8.07. The second kappa shape index (κ2) is 8.39. The molecule has 0 saturated heterocycles. The number of hydrogen-bond acceptors (Lipinski definition) is 3. The maximum atomic E-state index is 11.6. The van der Waals surface area contributed by atoms with Crippen molar-refractivity contribution in [1.29, 1.82) is 0 Å². The van der Waals surface area contributed by atoms with Crippen LogP contribution in [0.4, 0.5) is 4.79 Å². The zero-order valence-electron chi connectivity index (χ0n) is 14.1. The highest BCUT2D eigenvalue weighted by molar-refractivity contribution is 6.30. The van der Waals surface area contributed by atoms with E-state index in [1.54, 1.807) is 0 Å². The van der Waals surface area contributed by atoms with Crippen LogP contribution in [0.3, 0.4) is 0 Å². The second-order valence-electron chi connectivity index (χ2n) is 6.29. The Morgan fingerprint density at radius 1 is 1.41 bits per heavy atom. The molecular weight excluding hydrogens is 300 g/mol. The van der Waals surface area contributed by atoms with Gasteiger partial charge in [-0.1, -0.05) is 30.7 Å². The lowest BCUT2D eigenvalue weighted by Crippen LogP contribution is -2.38. The Balaban J connectivity index is 2.50. The maximum Gasteiger partial charge on any atom is 0.407 e. The Hall–Kier alpha value is -1.26. The zero-order valence-corrected chi connectivity index (χ0v) is 14.9. The Labute approximate surface area is 138 Å². The van der Waals surface area contributed by atoms with Gasteiger partial charge < -0.3 is 10.1 Å². The molecule has 0 fully saturated rings. The number of carbonyl (C=O) groups is 1. The van der Waals surface area contributed by atoms with E-state index in [0.717, 1.165) is 18.1 Å². The van der Waals surface area contributed by atoms with Gasteiger partial charge in [0.1, 0.15) is 5.60 Å². The Morgan fingerprint density at radius 2 is 2.09 bits per heavy atom. The number of ether oxygens (including phenoxy) is 1. The van der Waals surface area contributed by atoms with Gasteiger partial charge in [0.2, 0.25) is 0 Å². The standard InChI is InChI=1S/C17H27ClN2O2/c1-6-20(11-10-19-16(21)22-17(3,4)5)13(2)14-8-7-9-15(18)12-14/h7-9,12-13H,6,10-11H2,1-5H3,(H,19,21). The van der Waals surface area contributed by atoms with E-state index >= 15 is 0 Å². The summed E-state index contributed by atoms with van der Waals surface area (Å²) in [5, 5.41) is 3.54. The van der Waals surface area contributed by atoms with Crippen molar-refractivity contribution in [2.24, 2.45) is 0 Å². The smallest absolute Gasteiger partial charge is 0.407 e. The Bertz CT molecular complexity index is 486. The number of nitrogens with one attached hydrogen (secondary N) is 1. The molecule has 1 amide bonds. The average molecular weight is 327 g/mol. The van der Waals surface area contributed by atoms with Gasteiger partial charge in [0, 0.05) is 24.2 Å². The summed E-state index contributed by atoms with van der Waals surface area (Å²) < 4.78 is 5.23. The molecule has 1 rings (SSSR count). The van der Waals surface area contributed by atoms with Crippen LogP contribution in [-0.2, 0) is 4.74 Å². The normalized spacial score (nSPS) is 13.0. The van der Waals surface area contributed by atoms with Gasteiger partial charge in [-0.3, -0.25) is 4.90 Å². The van der Waals surface area contributed by atoms with Gasteiger partial charge in [-0.25, -0.2) is 4.79 Å². The van der Waals surface area contributed by atoms with Crippen LogP contribution < -0.4 is 5.32 Å². The predicted molar refractivity (Wildman–Crippen MR) is 91.4 cm³/mol. The molecule has 0 aliphatic rings. The monoisotopic (exact) mass is 326 g/mol. The summed E-state index contributed by atoms with van der Waals surface area (Å²) in [5.41, 5.74) is 0.703. The highest BCUT2D eigenvalue weighted by atomic mass is 35.5. The summed E-state index contributed by atoms with van der Waals surface area (Å²) >= 11 is 6.05. The topological polar surface area (TPSA) is 41.6 Å². The molecule has 0 aliphatic carbocycles. The van der Waals surface area contributed by atoms with E-state index in [0.29, 0.717) is 6.54 Å². The fourth-order valence-corrected chi connectivity index (χ4v) is 2.42. The van der Waals surface area contributed by atoms with Crippen LogP contribution in [0.5, 0.6) is 0 Å². The van der Waals surface area contributed by atoms with E-state index in [9.17, 15) is 4.79 Å². The van der Waals surface area contributed by atoms with Crippen molar-refractivity contribution in [2.45, 2.75) is 46.3 Å². The Morgan fingerprint density at radius 3 is 2.64 bits per heavy atom. The van der Waals surface area contributed by atoms with Gasteiger partial charge in [-0.05, 0) is 51.9 Å². The van der Waals surface area contributed by atoms with Gasteiger partial charge in [0.05, 0.1) is 0 Å². The highest BCUT2D eigenvalue weighted by Gasteiger charge is 2.17. The van der Waals surface area contributed by atoms with E-state index in [-0.39, 0.29) is 12.1 Å². The van der Waals surface area contributed by atoms with Gasteiger partial charge in [-0.2, -0.15) is 0 Å². The molecule has 124 valence electrons. The lowest BCUT2D eigenvalue weighted by molar-refractivity contribution is 0.0519. The number of likely N-dealkylation sites (N-methyl/N-ethyl adjacent to an activating group) is 1. The van der Waals surface area contributed by atoms with Crippen molar-refractivity contribution >= 4 is 17.7 Å². The largest absolute Gasteiger partial charge is 0.444 e. The van der Waals surface area contributed by atoms with Crippen LogP contribution in [0.25, 0.3) is 0 Å². The van der Waals surface area contributed by atoms with Gasteiger partial charge in [0.15, 0.2) is 0 Å². The summed E-state index contributed by atoms with van der Waals surface area (Å²) in [7, 11) is 0. The maximum absolute atomic E-state index is 11.6. The molecular formula is C17H27ClN2O2. The minimum Gasteiger partial charge on any atom is -0.444 e. The molecule has 0 aromatic heterocycles. The van der Waals surface area contributed by atoms with Crippen molar-refractivity contribution in [3.8, 4) is 0 Å². The number of hydrogen-bond donors (Lipinski definition) is 1. The van der Waals surface area contributed by atoms with Crippen LogP contribution in [0.2, 0.25) is 5.02 Å². The van der Waals surface area contributed by atoms with E-state index in [2.05, 4.69) is 30.1 Å². The molecule has 1 aromatic carbocycles. The molecule has 1 atom stereocenters. The summed E-state index contributed by atoms with van der Waals surface area (Å²) in [6.45, 7) is 12.0. The van der Waals surface area contributed by atoms with E-state index in [1.165, 1.54) is 5.56 Å². The third kappa shape index (κ3) is 6.67. The number of rotatable bonds is 6. The first kappa shape index (κ1) is 18.8. The molecule has 1 unspecified atom stereocenters. The number of benzene rings is 1. The van der Waals surface area contributed by atoms with Gasteiger partial charge in [0.25, 0.3) is 0 Å². The molecule has 0 saturated carbocycles. The van der Waals surface area contributed by atoms with E-state index in [4.69, 9.17) is 16.3 Å². The number of alkyl carbamates (subject to hydrolysis) is 1. The number of carbonyl (C=O) groups excluding carboxylic acids is 1. The molecule has 0 heterocycles. The number of amides is 1. The van der Waals surface area contributed by atoms with Crippen molar-refractivity contribution in [2.75, 3.05) is 19.6 Å². The summed E-state index contributed by atoms with van der Waals surface area (Å²) in [6, 6.07) is 8.12. The van der Waals surface area contributed by atoms with Crippen molar-refractivity contribution in [1.82, 2.24) is 10.2 Å². The molecule has 1 aromatic rings. The van der Waals surface area contributed by atoms with E-state index < -0.39 is 5.60 Å². The molecule has 0 bridgehead atoms. The van der Waals surface area contributed by atoms with Crippen LogP contribution in [-0.4, -0.2) is 36.2 Å². The van der Waals surface area contributed by atoms with Gasteiger partial charge in [-0.15, -0.1) is 0 Å². The lowest BCUT2D eigenvalue weighted by Gasteiger charge is -2.28. The molecule has 1 N–H and O–H groups in total. The average Bonchev–Trinajstić information content (AvgIpc) is 2.41. The number of nitrogens with zero attached hydrogens (tertiary/aromatic N) is 1. The van der Waals surface area contributed by atoms with Crippen molar-refractivity contribution < 1.29 is 9.53 Å². The molecule has 0 aliphatic heterocycles. The minimum atomic E-state index is -0.470. The minimum absolute atomic E-state index is 0.240. The lowest BCUT2D eigenvalue weighted by atomic mass is 10.1. The first-order chi connectivity index (χ1) is 10.2. The number of halogens is 1. The Kier molecular flexibility index (Phi) is 7.17. The highest BCUT2D eigenvalue weighted by Crippen LogP contribution is 2.22. The molecule has 4 nitrogen and oxygen atoms in total. The van der Waals surface area contributed by atoms with Crippen LogP contribution >= 0.6 is 11.6 Å². The van der Waals surface area contributed by atoms with E-state index in [1.807, 2.05) is 39.0 Å². The van der Waals surface area contributed by atoms with Crippen molar-refractivity contribution in [3.05, 3.63) is 34.9 Å². The SMILES string of the molecule is CCN(CCNC(=O)OC(C)(C)C)C(C)c1cccc(Cl)c1. The molecule has 22 heavy (non-hydrogen) atoms. The zero-order chi connectivity index (χ0) is 16.8. The quantitative estimate of drug-likeness (QED) is 0.849. The van der Waals surface area contributed by atoms with Crippen LogP contribution in [0.1, 0.15) is 46.2 Å². The third-order valence-corrected chi connectivity index (χ3v) is 3.59.